The van der Waals surface area contributed by atoms with Crippen LogP contribution in [0.2, 0.25) is 0 Å². The summed E-state index contributed by atoms with van der Waals surface area (Å²) >= 11 is 0. The Morgan fingerprint density at radius 2 is 1.45 bits per heavy atom. The van der Waals surface area contributed by atoms with Gasteiger partial charge in [-0.1, -0.05) is 12.1 Å². The van der Waals surface area contributed by atoms with Gasteiger partial charge in [0, 0.05) is 12.1 Å². The highest BCUT2D eigenvalue weighted by atomic mass is 16.7. The van der Waals surface area contributed by atoms with Crippen LogP contribution in [0.1, 0.15) is 6.92 Å². The lowest BCUT2D eigenvalue weighted by Gasteiger charge is -2.42. The lowest BCUT2D eigenvalue weighted by Crippen LogP contribution is -2.61. The number of hydrogen-bond acceptors (Lipinski definition) is 15. The van der Waals surface area contributed by atoms with Crippen molar-refractivity contribution in [1.29, 1.82) is 0 Å². The minimum absolute atomic E-state index is 0.0431. The molecule has 9 N–H and O–H groups in total. The van der Waals surface area contributed by atoms with Crippen molar-refractivity contribution in [1.82, 2.24) is 0 Å². The van der Waals surface area contributed by atoms with Gasteiger partial charge in [-0.3, -0.25) is 4.79 Å². The van der Waals surface area contributed by atoms with Crippen molar-refractivity contribution in [3.63, 3.8) is 0 Å². The van der Waals surface area contributed by atoms with Gasteiger partial charge in [-0.05, 0) is 19.1 Å². The zero-order valence-electron chi connectivity index (χ0n) is 21.9. The molecule has 1 aromatic heterocycles. The highest BCUT2D eigenvalue weighted by molar-refractivity contribution is 5.88. The summed E-state index contributed by atoms with van der Waals surface area (Å²) in [5.41, 5.74) is -1.29. The van der Waals surface area contributed by atoms with E-state index < -0.39 is 96.1 Å². The normalized spacial score (nSPS) is 33.5. The Balaban J connectivity index is 1.47. The molecule has 2 saturated heterocycles. The predicted molar refractivity (Wildman–Crippen MR) is 139 cm³/mol. The molecule has 2 aliphatic heterocycles. The minimum atomic E-state index is -1.94. The van der Waals surface area contributed by atoms with Gasteiger partial charge in [-0.25, -0.2) is 0 Å². The molecule has 15 nitrogen and oxygen atoms in total. The highest BCUT2D eigenvalue weighted by Crippen LogP contribution is 2.40. The first-order chi connectivity index (χ1) is 19.9. The van der Waals surface area contributed by atoms with Crippen molar-refractivity contribution < 1.29 is 69.3 Å². The van der Waals surface area contributed by atoms with Crippen molar-refractivity contribution in [3.8, 4) is 34.3 Å². The molecule has 228 valence electrons. The molecule has 0 radical (unpaired) electrons. The molecule has 2 fully saturated rings. The number of ether oxygens (including phenoxy) is 4. The van der Waals surface area contributed by atoms with E-state index in [1.807, 2.05) is 0 Å². The number of rotatable bonds is 6. The zero-order valence-corrected chi connectivity index (χ0v) is 21.9. The van der Waals surface area contributed by atoms with Gasteiger partial charge in [0.15, 0.2) is 12.1 Å². The fourth-order valence-corrected chi connectivity index (χ4v) is 4.83. The van der Waals surface area contributed by atoms with E-state index in [0.29, 0.717) is 0 Å². The third kappa shape index (κ3) is 5.37. The van der Waals surface area contributed by atoms with Crippen LogP contribution in [0, 0.1) is 0 Å². The third-order valence-electron chi connectivity index (χ3n) is 7.20. The lowest BCUT2D eigenvalue weighted by molar-refractivity contribution is -0.318. The van der Waals surface area contributed by atoms with Crippen LogP contribution in [0.4, 0.5) is 0 Å². The Labute approximate surface area is 236 Å². The predicted octanol–water partition coefficient (Wildman–Crippen LogP) is -1.39. The largest absolute Gasteiger partial charge is 0.508 e. The summed E-state index contributed by atoms with van der Waals surface area (Å²) < 4.78 is 27.9. The fourth-order valence-electron chi connectivity index (χ4n) is 4.83. The Morgan fingerprint density at radius 3 is 2.17 bits per heavy atom. The summed E-state index contributed by atoms with van der Waals surface area (Å²) in [6.07, 6.45) is -15.9. The average Bonchev–Trinajstić information content (AvgIpc) is 2.95. The molecule has 5 rings (SSSR count). The second-order valence-corrected chi connectivity index (χ2v) is 10.1. The number of phenols is 3. The number of aliphatic hydroxyl groups is 6. The van der Waals surface area contributed by atoms with E-state index in [1.165, 1.54) is 31.2 Å². The minimum Gasteiger partial charge on any atom is -0.508 e. The van der Waals surface area contributed by atoms with Gasteiger partial charge in [0.25, 0.3) is 0 Å². The van der Waals surface area contributed by atoms with Gasteiger partial charge in [-0.2, -0.15) is 0 Å². The molecule has 0 spiro atoms. The maximum absolute atomic E-state index is 13.6. The molecule has 3 heterocycles. The van der Waals surface area contributed by atoms with E-state index in [0.717, 1.165) is 12.1 Å². The zero-order chi connectivity index (χ0) is 30.5. The SMILES string of the molecule is C[C@@H]1O[C@@H](OC[C@H]2O[C@@H](Oc3c(-c4ccccc4O)oc4cc(O)cc(O)c4c3=O)[C@@H](O)[C@@H](O)[C@H]2O)[C@@H](O)[C@@H](O)[C@@H]1O. The Hall–Kier alpha value is -3.51. The maximum Gasteiger partial charge on any atom is 0.239 e. The number of hydrogen-bond donors (Lipinski definition) is 9. The second-order valence-electron chi connectivity index (χ2n) is 10.1. The number of aromatic hydroxyl groups is 3. The molecular weight excluding hydrogens is 564 g/mol. The summed E-state index contributed by atoms with van der Waals surface area (Å²) in [4.78, 5) is 13.6. The van der Waals surface area contributed by atoms with Gasteiger partial charge in [0.2, 0.25) is 17.5 Å². The van der Waals surface area contributed by atoms with Crippen LogP contribution in [0.25, 0.3) is 22.3 Å². The van der Waals surface area contributed by atoms with Gasteiger partial charge < -0.3 is 69.3 Å². The second kappa shape index (κ2) is 11.6. The van der Waals surface area contributed by atoms with E-state index in [9.17, 15) is 50.8 Å². The highest BCUT2D eigenvalue weighted by Gasteiger charge is 2.47. The number of fused-ring (bicyclic) bond motifs is 1. The molecule has 2 aromatic carbocycles. The number of benzene rings is 2. The summed E-state index contributed by atoms with van der Waals surface area (Å²) in [6.45, 7) is 0.850. The molecular formula is C27H30O15. The van der Waals surface area contributed by atoms with Crippen LogP contribution < -0.4 is 10.2 Å². The van der Waals surface area contributed by atoms with Gasteiger partial charge >= 0.3 is 0 Å². The molecule has 0 unspecified atom stereocenters. The first-order valence-electron chi connectivity index (χ1n) is 12.9. The first-order valence-corrected chi connectivity index (χ1v) is 12.9. The molecule has 15 heteroatoms. The van der Waals surface area contributed by atoms with Crippen LogP contribution in [-0.2, 0) is 14.2 Å². The molecule has 42 heavy (non-hydrogen) atoms. The third-order valence-corrected chi connectivity index (χ3v) is 7.20. The van der Waals surface area contributed by atoms with Crippen LogP contribution in [0.15, 0.2) is 45.6 Å². The number of para-hydroxylation sites is 1. The smallest absolute Gasteiger partial charge is 0.239 e. The van der Waals surface area contributed by atoms with Crippen molar-refractivity contribution in [2.45, 2.75) is 68.3 Å². The van der Waals surface area contributed by atoms with E-state index in [4.69, 9.17) is 23.4 Å². The quantitative estimate of drug-likeness (QED) is 0.159. The van der Waals surface area contributed by atoms with Gasteiger partial charge in [-0.15, -0.1) is 0 Å². The molecule has 10 atom stereocenters. The number of aliphatic hydroxyl groups excluding tert-OH is 6. The molecule has 3 aromatic rings. The molecule has 0 bridgehead atoms. The summed E-state index contributed by atoms with van der Waals surface area (Å²) in [5, 5.41) is 92.1. The van der Waals surface area contributed by atoms with E-state index >= 15 is 0 Å². The molecule has 2 aliphatic rings. The Bertz CT molecular complexity index is 1490. The van der Waals surface area contributed by atoms with Crippen LogP contribution in [-0.4, -0.2) is 114 Å². The first kappa shape index (κ1) is 30.0. The number of phenolic OH excluding ortho intramolecular Hbond substituents is 3. The lowest BCUT2D eigenvalue weighted by atomic mass is 9.98. The topological polar surface area (TPSA) is 249 Å². The Morgan fingerprint density at radius 1 is 0.786 bits per heavy atom. The van der Waals surface area contributed by atoms with Crippen molar-refractivity contribution in [2.24, 2.45) is 0 Å². The fraction of sp³-hybridized carbons (Fsp3) is 0.444. The van der Waals surface area contributed by atoms with E-state index in [2.05, 4.69) is 0 Å². The van der Waals surface area contributed by atoms with Crippen molar-refractivity contribution >= 4 is 11.0 Å². The van der Waals surface area contributed by atoms with E-state index in [1.54, 1.807) is 0 Å². The molecule has 0 saturated carbocycles. The van der Waals surface area contributed by atoms with Crippen LogP contribution in [0.3, 0.4) is 0 Å². The van der Waals surface area contributed by atoms with Crippen LogP contribution in [0.5, 0.6) is 23.0 Å². The van der Waals surface area contributed by atoms with Gasteiger partial charge in [0.05, 0.1) is 18.3 Å². The molecule has 0 amide bonds. The summed E-state index contributed by atoms with van der Waals surface area (Å²) in [5.74, 6) is -2.45. The Kier molecular flexibility index (Phi) is 8.30. The van der Waals surface area contributed by atoms with Crippen molar-refractivity contribution in [2.75, 3.05) is 6.61 Å². The van der Waals surface area contributed by atoms with Crippen molar-refractivity contribution in [3.05, 3.63) is 46.6 Å². The monoisotopic (exact) mass is 594 g/mol. The summed E-state index contributed by atoms with van der Waals surface area (Å²) in [7, 11) is 0. The van der Waals surface area contributed by atoms with E-state index in [-0.39, 0.29) is 22.7 Å². The molecule has 0 aliphatic carbocycles. The van der Waals surface area contributed by atoms with Crippen LogP contribution >= 0.6 is 0 Å². The standard InChI is InChI=1S/C27H30O15/c1-9-17(31)20(34)22(36)26(39-9)38-8-15-18(32)21(35)23(37)27(41-15)42-25-19(33)16-13(30)6-10(28)7-14(16)40-24(25)11-4-2-3-5-12(11)29/h2-7,9,15,17-18,20-23,26-32,34-37H,8H2,1H3/t9-,15+,17+,18-,20-,21-,22-,23-,26+,27-/m0/s1. The summed E-state index contributed by atoms with van der Waals surface area (Å²) in [6, 6.07) is 7.63. The van der Waals surface area contributed by atoms with Gasteiger partial charge in [0.1, 0.15) is 70.9 Å². The maximum atomic E-state index is 13.6. The average molecular weight is 595 g/mol.